The third kappa shape index (κ3) is 9.27. The number of hydrogen-bond donors (Lipinski definition) is 2. The minimum Gasteiger partial charge on any atom is -0.493 e. The van der Waals surface area contributed by atoms with Gasteiger partial charge in [0.15, 0.2) is 23.0 Å². The molecule has 4 atom stereocenters. The molecule has 1 aromatic heterocycles. The number of likely N-dealkylation sites (tertiary alicyclic amines) is 2. The van der Waals surface area contributed by atoms with Crippen LogP contribution in [0, 0.1) is 5.82 Å². The molecule has 0 bridgehead atoms. The van der Waals surface area contributed by atoms with Gasteiger partial charge in [-0.1, -0.05) is 32.0 Å². The highest BCUT2D eigenvalue weighted by atomic mass is 32.1. The molecule has 2 fully saturated rings. The first-order valence-electron chi connectivity index (χ1n) is 19.5. The molecule has 14 nitrogen and oxygen atoms in total. The summed E-state index contributed by atoms with van der Waals surface area (Å²) in [7, 11) is 1.51. The number of carbonyl (C=O) groups excluding carboxylic acids is 4. The van der Waals surface area contributed by atoms with Crippen LogP contribution in [0.25, 0.3) is 0 Å². The van der Waals surface area contributed by atoms with E-state index < -0.39 is 59.5 Å². The first kappa shape index (κ1) is 43.7. The van der Waals surface area contributed by atoms with E-state index in [1.165, 1.54) is 60.2 Å². The molecule has 3 aromatic carbocycles. The smallest absolute Gasteiger partial charge is 0.387 e. The maximum atomic E-state index is 15.0. The first-order valence-corrected chi connectivity index (χ1v) is 20.3. The van der Waals surface area contributed by atoms with Crippen LogP contribution in [-0.2, 0) is 19.2 Å². The van der Waals surface area contributed by atoms with Crippen LogP contribution >= 0.6 is 11.5 Å². The predicted octanol–water partition coefficient (Wildman–Crippen LogP) is 6.94. The van der Waals surface area contributed by atoms with Crippen molar-refractivity contribution in [2.75, 3.05) is 44.0 Å². The lowest BCUT2D eigenvalue weighted by Crippen LogP contribution is -2.70. The first-order chi connectivity index (χ1) is 28.7. The zero-order chi connectivity index (χ0) is 43.3. The summed E-state index contributed by atoms with van der Waals surface area (Å²) in [5.74, 6) is -3.29. The fourth-order valence-corrected chi connectivity index (χ4v) is 8.36. The van der Waals surface area contributed by atoms with Crippen LogP contribution in [0.15, 0.2) is 60.7 Å². The van der Waals surface area contributed by atoms with Crippen molar-refractivity contribution >= 4 is 46.0 Å². The maximum absolute atomic E-state index is 15.0. The minimum atomic E-state index is -3.11. The van der Waals surface area contributed by atoms with Gasteiger partial charge in [0.25, 0.3) is 11.8 Å². The summed E-state index contributed by atoms with van der Waals surface area (Å²) in [6, 6.07) is 13.1. The zero-order valence-electron chi connectivity index (χ0n) is 34.0. The SMILES string of the molecule is CCOc1cc(C2CC(=O)N(C(C)(C(=O)Nc3cccc(F)c3)C(C(=O)Nc3nc(C(C)C)ns3)N3CC(c4ccc(OC(F)F)c(OCC)c4)CC3=O)C2)ccc1OC. The molecular formula is C42H47F3N6O8S. The molecule has 0 spiro atoms. The van der Waals surface area contributed by atoms with Gasteiger partial charge < -0.3 is 34.1 Å². The number of rotatable bonds is 17. The lowest BCUT2D eigenvalue weighted by atomic mass is 9.86. The maximum Gasteiger partial charge on any atom is 0.387 e. The molecule has 2 saturated heterocycles. The van der Waals surface area contributed by atoms with Crippen molar-refractivity contribution in [3.63, 3.8) is 0 Å². The standard InChI is InChI=1S/C42H47F3N6O8S/c1-7-57-32-16-25(12-14-30(32)56-6)27-19-35(53)51(22-27)42(5,39(55)46-29-11-9-10-28(43)20-29)36(38(54)48-41-47-37(23(3)4)49-60-41)50-21-26(18-34(50)52)24-13-15-31(59-40(44)45)33(17-24)58-8-2/h9-17,20,23,26-27,36,40H,7-8,18-19,21-22H2,1-6H3,(H,46,55)(H,47,48,49,54). The van der Waals surface area contributed by atoms with Crippen molar-refractivity contribution < 1.29 is 51.3 Å². The van der Waals surface area contributed by atoms with Crippen LogP contribution in [0.4, 0.5) is 24.0 Å². The average molecular weight is 853 g/mol. The highest BCUT2D eigenvalue weighted by Crippen LogP contribution is 2.43. The quantitative estimate of drug-likeness (QED) is 0.114. The van der Waals surface area contributed by atoms with E-state index in [9.17, 15) is 32.3 Å². The van der Waals surface area contributed by atoms with Crippen molar-refractivity contribution in [3.8, 4) is 23.0 Å². The number of hydrogen-bond acceptors (Lipinski definition) is 11. The van der Waals surface area contributed by atoms with E-state index in [4.69, 9.17) is 14.2 Å². The van der Waals surface area contributed by atoms with Gasteiger partial charge in [0.05, 0.1) is 20.3 Å². The van der Waals surface area contributed by atoms with Crippen molar-refractivity contribution in [2.45, 2.75) is 83.4 Å². The van der Waals surface area contributed by atoms with Gasteiger partial charge in [-0.3, -0.25) is 24.5 Å². The number of alkyl halides is 2. The summed E-state index contributed by atoms with van der Waals surface area (Å²) in [6.07, 6.45) is -0.210. The Balaban J connectivity index is 1.45. The van der Waals surface area contributed by atoms with Gasteiger partial charge in [0.2, 0.25) is 16.9 Å². The van der Waals surface area contributed by atoms with Crippen LogP contribution in [0.5, 0.6) is 23.0 Å². The van der Waals surface area contributed by atoms with E-state index in [0.29, 0.717) is 35.1 Å². The van der Waals surface area contributed by atoms with Crippen LogP contribution in [0.2, 0.25) is 0 Å². The summed E-state index contributed by atoms with van der Waals surface area (Å²) >= 11 is 0.917. The van der Waals surface area contributed by atoms with E-state index in [1.54, 1.807) is 25.1 Å². The fraction of sp³-hybridized carbons (Fsp3) is 0.429. The molecule has 4 unspecified atom stereocenters. The number of aromatic nitrogens is 2. The monoisotopic (exact) mass is 852 g/mol. The van der Waals surface area contributed by atoms with Crippen LogP contribution in [0.3, 0.4) is 0 Å². The van der Waals surface area contributed by atoms with Gasteiger partial charge >= 0.3 is 6.61 Å². The van der Waals surface area contributed by atoms with E-state index in [0.717, 1.165) is 17.6 Å². The third-order valence-corrected chi connectivity index (χ3v) is 11.2. The van der Waals surface area contributed by atoms with Gasteiger partial charge in [-0.05, 0) is 74.4 Å². The number of methoxy groups -OCH3 is 1. The molecule has 18 heteroatoms. The van der Waals surface area contributed by atoms with Gasteiger partial charge in [0.1, 0.15) is 23.2 Å². The number of halogens is 3. The zero-order valence-corrected chi connectivity index (χ0v) is 34.8. The molecule has 2 N–H and O–H groups in total. The van der Waals surface area contributed by atoms with Gasteiger partial charge in [0, 0.05) is 60.9 Å². The summed E-state index contributed by atoms with van der Waals surface area (Å²) < 4.78 is 66.8. The van der Waals surface area contributed by atoms with Gasteiger partial charge in [-0.25, -0.2) is 9.37 Å². The second kappa shape index (κ2) is 18.6. The van der Waals surface area contributed by atoms with Crippen LogP contribution < -0.4 is 29.6 Å². The molecule has 320 valence electrons. The molecular weight excluding hydrogens is 806 g/mol. The highest BCUT2D eigenvalue weighted by Gasteiger charge is 2.58. The Morgan fingerprint density at radius 1 is 0.883 bits per heavy atom. The molecule has 3 heterocycles. The average Bonchev–Trinajstić information content (AvgIpc) is 3.94. The Labute approximate surface area is 349 Å². The minimum absolute atomic E-state index is 0.0340. The van der Waals surface area contributed by atoms with Crippen LogP contribution in [-0.4, -0.2) is 94.4 Å². The van der Waals surface area contributed by atoms with Crippen molar-refractivity contribution in [1.29, 1.82) is 0 Å². The van der Waals surface area contributed by atoms with Crippen molar-refractivity contribution in [2.24, 2.45) is 0 Å². The van der Waals surface area contributed by atoms with E-state index in [1.807, 2.05) is 20.8 Å². The summed E-state index contributed by atoms with van der Waals surface area (Å²) in [5.41, 5.74) is -0.857. The summed E-state index contributed by atoms with van der Waals surface area (Å²) in [5, 5.41) is 5.59. The lowest BCUT2D eigenvalue weighted by molar-refractivity contribution is -0.153. The van der Waals surface area contributed by atoms with Gasteiger partial charge in [-0.2, -0.15) is 13.2 Å². The number of anilines is 2. The topological polar surface area (TPSA) is 162 Å². The number of ether oxygens (including phenoxy) is 4. The second-order valence-corrected chi connectivity index (χ2v) is 15.6. The number of nitrogens with zero attached hydrogens (tertiary/aromatic N) is 4. The van der Waals surface area contributed by atoms with Crippen LogP contribution in [0.1, 0.15) is 82.2 Å². The molecule has 2 aliphatic heterocycles. The molecule has 6 rings (SSSR count). The van der Waals surface area contributed by atoms with E-state index in [-0.39, 0.29) is 60.8 Å². The normalized spacial score (nSPS) is 18.1. The number of nitrogens with one attached hydrogen (secondary N) is 2. The largest absolute Gasteiger partial charge is 0.493 e. The molecule has 0 aliphatic carbocycles. The van der Waals surface area contributed by atoms with Gasteiger partial charge in [-0.15, -0.1) is 0 Å². The Morgan fingerprint density at radius 3 is 2.12 bits per heavy atom. The molecule has 60 heavy (non-hydrogen) atoms. The summed E-state index contributed by atoms with van der Waals surface area (Å²) in [6.45, 7) is 5.87. The number of carbonyl (C=O) groups is 4. The number of benzene rings is 3. The lowest BCUT2D eigenvalue weighted by Gasteiger charge is -2.45. The Kier molecular flexibility index (Phi) is 13.5. The molecule has 4 aromatic rings. The molecule has 2 aliphatic rings. The van der Waals surface area contributed by atoms with Crippen molar-refractivity contribution in [3.05, 3.63) is 83.4 Å². The van der Waals surface area contributed by atoms with Crippen molar-refractivity contribution in [1.82, 2.24) is 19.2 Å². The second-order valence-electron chi connectivity index (χ2n) is 14.8. The Bertz CT molecular complexity index is 2230. The molecule has 4 amide bonds. The highest BCUT2D eigenvalue weighted by molar-refractivity contribution is 7.09. The fourth-order valence-electron chi connectivity index (χ4n) is 7.65. The molecule has 0 saturated carbocycles. The van der Waals surface area contributed by atoms with E-state index >= 15 is 0 Å². The molecule has 0 radical (unpaired) electrons. The predicted molar refractivity (Wildman–Crippen MR) is 216 cm³/mol. The third-order valence-electron chi connectivity index (χ3n) is 10.6. The Hall–Kier alpha value is -5.91. The Morgan fingerprint density at radius 2 is 1.52 bits per heavy atom. The number of amides is 4. The van der Waals surface area contributed by atoms with E-state index in [2.05, 4.69) is 24.7 Å². The summed E-state index contributed by atoms with van der Waals surface area (Å²) in [4.78, 5) is 65.7.